The third kappa shape index (κ3) is 3.38. The Kier molecular flexibility index (Phi) is 4.34. The molecular weight excluding hydrogens is 192 g/mol. The normalized spacial score (nSPS) is 17.3. The van der Waals surface area contributed by atoms with Gasteiger partial charge in [-0.25, -0.2) is 0 Å². The summed E-state index contributed by atoms with van der Waals surface area (Å²) in [5.74, 6) is 0.235. The Morgan fingerprint density at radius 2 is 2.07 bits per heavy atom. The zero-order valence-electron chi connectivity index (χ0n) is 9.16. The maximum atomic E-state index is 11.6. The first-order chi connectivity index (χ1) is 7.15. The van der Waals surface area contributed by atoms with E-state index in [9.17, 15) is 9.59 Å². The molecule has 0 aromatic rings. The van der Waals surface area contributed by atoms with Crippen LogP contribution in [-0.2, 0) is 9.59 Å². The van der Waals surface area contributed by atoms with Crippen molar-refractivity contribution in [3.63, 3.8) is 0 Å². The molecule has 1 aliphatic heterocycles. The van der Waals surface area contributed by atoms with Crippen LogP contribution in [0.5, 0.6) is 0 Å². The number of rotatable bonds is 3. The molecule has 1 saturated heterocycles. The van der Waals surface area contributed by atoms with Gasteiger partial charge in [0.2, 0.25) is 11.8 Å². The Labute approximate surface area is 90.3 Å². The molecule has 1 N–H and O–H groups in total. The topological polar surface area (TPSA) is 49.4 Å². The molecule has 0 unspecified atom stereocenters. The molecule has 1 fully saturated rings. The average Bonchev–Trinajstić information content (AvgIpc) is 2.26. The summed E-state index contributed by atoms with van der Waals surface area (Å²) in [6, 6.07) is 0. The fourth-order valence-corrected chi connectivity index (χ4v) is 1.77. The molecular formula is C11H18N2O2. The highest BCUT2D eigenvalue weighted by Crippen LogP contribution is 2.17. The predicted molar refractivity (Wildman–Crippen MR) is 58.2 cm³/mol. The number of carbonyl (C=O) groups is 2. The summed E-state index contributed by atoms with van der Waals surface area (Å²) >= 11 is 0. The second kappa shape index (κ2) is 5.53. The molecule has 4 heteroatoms. The minimum atomic E-state index is 0.0561. The van der Waals surface area contributed by atoms with Crippen LogP contribution in [0.4, 0.5) is 0 Å². The van der Waals surface area contributed by atoms with Crippen molar-refractivity contribution < 1.29 is 9.59 Å². The summed E-state index contributed by atoms with van der Waals surface area (Å²) in [7, 11) is 0. The van der Waals surface area contributed by atoms with Crippen molar-refractivity contribution in [1.82, 2.24) is 10.2 Å². The van der Waals surface area contributed by atoms with Crippen molar-refractivity contribution in [2.75, 3.05) is 19.6 Å². The SMILES string of the molecule is C=CCNC(=O)C1CCN(C(C)=O)CC1. The van der Waals surface area contributed by atoms with Gasteiger partial charge in [0.15, 0.2) is 0 Å². The summed E-state index contributed by atoms with van der Waals surface area (Å²) in [5.41, 5.74) is 0. The number of carbonyl (C=O) groups excluding carboxylic acids is 2. The van der Waals surface area contributed by atoms with Gasteiger partial charge in [0.05, 0.1) is 0 Å². The van der Waals surface area contributed by atoms with Gasteiger partial charge in [0, 0.05) is 32.5 Å². The summed E-state index contributed by atoms with van der Waals surface area (Å²) in [4.78, 5) is 24.4. The molecule has 0 aliphatic carbocycles. The molecule has 0 radical (unpaired) electrons. The largest absolute Gasteiger partial charge is 0.352 e. The van der Waals surface area contributed by atoms with E-state index in [1.165, 1.54) is 0 Å². The lowest BCUT2D eigenvalue weighted by molar-refractivity contribution is -0.133. The second-order valence-corrected chi connectivity index (χ2v) is 3.81. The molecule has 4 nitrogen and oxygen atoms in total. The van der Waals surface area contributed by atoms with Gasteiger partial charge in [-0.15, -0.1) is 6.58 Å². The third-order valence-corrected chi connectivity index (χ3v) is 2.73. The minimum absolute atomic E-state index is 0.0561. The lowest BCUT2D eigenvalue weighted by Crippen LogP contribution is -2.42. The lowest BCUT2D eigenvalue weighted by Gasteiger charge is -2.30. The Bertz CT molecular complexity index is 255. The molecule has 1 rings (SSSR count). The van der Waals surface area contributed by atoms with E-state index < -0.39 is 0 Å². The molecule has 0 spiro atoms. The van der Waals surface area contributed by atoms with Crippen molar-refractivity contribution in [2.24, 2.45) is 5.92 Å². The molecule has 2 amide bonds. The Morgan fingerprint density at radius 1 is 1.47 bits per heavy atom. The van der Waals surface area contributed by atoms with Crippen molar-refractivity contribution in [3.8, 4) is 0 Å². The van der Waals surface area contributed by atoms with Crippen molar-refractivity contribution in [1.29, 1.82) is 0 Å². The fourth-order valence-electron chi connectivity index (χ4n) is 1.77. The van der Waals surface area contributed by atoms with Gasteiger partial charge in [0.1, 0.15) is 0 Å². The molecule has 1 heterocycles. The van der Waals surface area contributed by atoms with E-state index in [2.05, 4.69) is 11.9 Å². The first-order valence-electron chi connectivity index (χ1n) is 5.29. The van der Waals surface area contributed by atoms with Crippen LogP contribution in [0.25, 0.3) is 0 Å². The molecule has 15 heavy (non-hydrogen) atoms. The monoisotopic (exact) mass is 210 g/mol. The summed E-state index contributed by atoms with van der Waals surface area (Å²) < 4.78 is 0. The molecule has 84 valence electrons. The van der Waals surface area contributed by atoms with E-state index in [0.717, 1.165) is 12.8 Å². The van der Waals surface area contributed by atoms with Gasteiger partial charge in [-0.1, -0.05) is 6.08 Å². The van der Waals surface area contributed by atoms with Crippen LogP contribution in [0, 0.1) is 5.92 Å². The highest BCUT2D eigenvalue weighted by atomic mass is 16.2. The third-order valence-electron chi connectivity index (χ3n) is 2.73. The molecule has 0 aromatic carbocycles. The highest BCUT2D eigenvalue weighted by Gasteiger charge is 2.25. The zero-order chi connectivity index (χ0) is 11.3. The first-order valence-corrected chi connectivity index (χ1v) is 5.29. The van der Waals surface area contributed by atoms with E-state index in [0.29, 0.717) is 19.6 Å². The molecule has 0 saturated carbocycles. The fraction of sp³-hybridized carbons (Fsp3) is 0.636. The van der Waals surface area contributed by atoms with Crippen LogP contribution in [0.3, 0.4) is 0 Å². The second-order valence-electron chi connectivity index (χ2n) is 3.81. The molecule has 0 atom stereocenters. The van der Waals surface area contributed by atoms with E-state index in [1.807, 2.05) is 0 Å². The smallest absolute Gasteiger partial charge is 0.223 e. The number of nitrogens with one attached hydrogen (secondary N) is 1. The van der Waals surface area contributed by atoms with Crippen LogP contribution in [0.1, 0.15) is 19.8 Å². The Balaban J connectivity index is 2.33. The summed E-state index contributed by atoms with van der Waals surface area (Å²) in [5, 5.41) is 2.79. The maximum absolute atomic E-state index is 11.6. The van der Waals surface area contributed by atoms with Crippen molar-refractivity contribution in [2.45, 2.75) is 19.8 Å². The summed E-state index contributed by atoms with van der Waals surface area (Å²) in [6.07, 6.45) is 3.20. The summed E-state index contributed by atoms with van der Waals surface area (Å²) in [6.45, 7) is 7.02. The van der Waals surface area contributed by atoms with E-state index >= 15 is 0 Å². The average molecular weight is 210 g/mol. The molecule has 1 aliphatic rings. The number of likely N-dealkylation sites (tertiary alicyclic amines) is 1. The van der Waals surface area contributed by atoms with E-state index in [4.69, 9.17) is 0 Å². The Morgan fingerprint density at radius 3 is 2.53 bits per heavy atom. The molecule has 0 bridgehead atoms. The number of hydrogen-bond donors (Lipinski definition) is 1. The van der Waals surface area contributed by atoms with Crippen molar-refractivity contribution >= 4 is 11.8 Å². The first kappa shape index (κ1) is 11.8. The number of nitrogens with zero attached hydrogens (tertiary/aromatic N) is 1. The van der Waals surface area contributed by atoms with E-state index in [-0.39, 0.29) is 17.7 Å². The van der Waals surface area contributed by atoms with Gasteiger partial charge in [-0.3, -0.25) is 9.59 Å². The van der Waals surface area contributed by atoms with Crippen LogP contribution in [-0.4, -0.2) is 36.3 Å². The van der Waals surface area contributed by atoms with Crippen molar-refractivity contribution in [3.05, 3.63) is 12.7 Å². The minimum Gasteiger partial charge on any atom is -0.352 e. The van der Waals surface area contributed by atoms with Crippen LogP contribution >= 0.6 is 0 Å². The van der Waals surface area contributed by atoms with Crippen LogP contribution in [0.2, 0.25) is 0 Å². The quantitative estimate of drug-likeness (QED) is 0.691. The zero-order valence-corrected chi connectivity index (χ0v) is 9.16. The standard InChI is InChI=1S/C11H18N2O2/c1-3-6-12-11(15)10-4-7-13(8-5-10)9(2)14/h3,10H,1,4-8H2,2H3,(H,12,15). The Hall–Kier alpha value is -1.32. The lowest BCUT2D eigenvalue weighted by atomic mass is 9.96. The van der Waals surface area contributed by atoms with Gasteiger partial charge in [-0.05, 0) is 12.8 Å². The maximum Gasteiger partial charge on any atom is 0.223 e. The van der Waals surface area contributed by atoms with Gasteiger partial charge >= 0.3 is 0 Å². The van der Waals surface area contributed by atoms with Gasteiger partial charge in [0.25, 0.3) is 0 Å². The highest BCUT2D eigenvalue weighted by molar-refractivity contribution is 5.79. The van der Waals surface area contributed by atoms with E-state index in [1.54, 1.807) is 17.9 Å². The van der Waals surface area contributed by atoms with Gasteiger partial charge < -0.3 is 10.2 Å². The van der Waals surface area contributed by atoms with Crippen LogP contribution in [0.15, 0.2) is 12.7 Å². The van der Waals surface area contributed by atoms with Crippen LogP contribution < -0.4 is 5.32 Å². The predicted octanol–water partition coefficient (Wildman–Crippen LogP) is 0.547. The number of piperidine rings is 1. The number of amides is 2. The molecule has 0 aromatic heterocycles. The van der Waals surface area contributed by atoms with Gasteiger partial charge in [-0.2, -0.15) is 0 Å². The number of hydrogen-bond acceptors (Lipinski definition) is 2.